The van der Waals surface area contributed by atoms with E-state index in [1.165, 1.54) is 4.90 Å². The van der Waals surface area contributed by atoms with Crippen LogP contribution in [0.25, 0.3) is 0 Å². The number of rotatable bonds is 4. The molecule has 1 aliphatic rings. The third kappa shape index (κ3) is 2.72. The molecular weight excluding hydrogens is 244 g/mol. The van der Waals surface area contributed by atoms with Gasteiger partial charge in [0, 0.05) is 13.0 Å². The van der Waals surface area contributed by atoms with Gasteiger partial charge in [-0.1, -0.05) is 13.8 Å². The smallest absolute Gasteiger partial charge is 0.235 e. The molecule has 0 aliphatic carbocycles. The summed E-state index contributed by atoms with van der Waals surface area (Å²) in [5.41, 5.74) is 0.00913. The number of hydrogen-bond acceptors (Lipinski definition) is 5. The van der Waals surface area contributed by atoms with E-state index in [1.54, 1.807) is 26.2 Å². The van der Waals surface area contributed by atoms with Gasteiger partial charge >= 0.3 is 0 Å². The normalized spacial score (nSPS) is 17.9. The van der Waals surface area contributed by atoms with E-state index in [0.717, 1.165) is 6.54 Å². The van der Waals surface area contributed by atoms with E-state index in [9.17, 15) is 9.59 Å². The number of likely N-dealkylation sites (tertiary alicyclic amines) is 1. The zero-order chi connectivity index (χ0) is 14.0. The Balaban J connectivity index is 2.09. The van der Waals surface area contributed by atoms with Crippen molar-refractivity contribution in [2.75, 3.05) is 11.9 Å². The van der Waals surface area contributed by atoms with E-state index in [4.69, 9.17) is 0 Å². The van der Waals surface area contributed by atoms with Gasteiger partial charge in [-0.25, -0.2) is 4.98 Å². The fraction of sp³-hybridized carbons (Fsp3) is 0.538. The summed E-state index contributed by atoms with van der Waals surface area (Å²) in [6, 6.07) is 0. The van der Waals surface area contributed by atoms with Gasteiger partial charge in [0.2, 0.25) is 11.8 Å². The van der Waals surface area contributed by atoms with Gasteiger partial charge in [-0.2, -0.15) is 0 Å². The summed E-state index contributed by atoms with van der Waals surface area (Å²) in [5.74, 6) is 0.397. The van der Waals surface area contributed by atoms with Crippen molar-refractivity contribution >= 4 is 17.6 Å². The topological polar surface area (TPSA) is 75.2 Å². The minimum absolute atomic E-state index is 0.143. The molecule has 0 spiro atoms. The largest absolute Gasteiger partial charge is 0.369 e. The molecular formula is C13H18N4O2. The van der Waals surface area contributed by atoms with E-state index < -0.39 is 5.41 Å². The van der Waals surface area contributed by atoms with Gasteiger partial charge in [0.05, 0.1) is 30.0 Å². The van der Waals surface area contributed by atoms with Gasteiger partial charge in [0.15, 0.2) is 0 Å². The van der Waals surface area contributed by atoms with Crippen molar-refractivity contribution in [1.82, 2.24) is 14.9 Å². The van der Waals surface area contributed by atoms with Crippen LogP contribution >= 0.6 is 0 Å². The molecule has 1 fully saturated rings. The summed E-state index contributed by atoms with van der Waals surface area (Å²) in [7, 11) is 0. The lowest BCUT2D eigenvalue weighted by Crippen LogP contribution is -2.32. The van der Waals surface area contributed by atoms with Crippen molar-refractivity contribution in [1.29, 1.82) is 0 Å². The third-order valence-electron chi connectivity index (χ3n) is 3.10. The minimum atomic E-state index is -0.603. The van der Waals surface area contributed by atoms with Crippen LogP contribution in [-0.2, 0) is 16.1 Å². The predicted molar refractivity (Wildman–Crippen MR) is 70.2 cm³/mol. The quantitative estimate of drug-likeness (QED) is 0.825. The second-order valence-electron chi connectivity index (χ2n) is 5.27. The SMILES string of the molecule is CCNc1cnc(CN2C(=O)CC(C)(C)C2=O)cn1. The summed E-state index contributed by atoms with van der Waals surface area (Å²) < 4.78 is 0. The molecule has 1 aliphatic heterocycles. The molecule has 2 amide bonds. The van der Waals surface area contributed by atoms with Gasteiger partial charge in [0.25, 0.3) is 0 Å². The Morgan fingerprint density at radius 2 is 2.05 bits per heavy atom. The van der Waals surface area contributed by atoms with Crippen LogP contribution in [0.3, 0.4) is 0 Å². The highest BCUT2D eigenvalue weighted by molar-refractivity contribution is 6.05. The molecule has 6 heteroatoms. The lowest BCUT2D eigenvalue weighted by Gasteiger charge is -2.17. The molecule has 0 saturated carbocycles. The minimum Gasteiger partial charge on any atom is -0.369 e. The molecule has 0 aromatic carbocycles. The van der Waals surface area contributed by atoms with Crippen molar-refractivity contribution in [3.63, 3.8) is 0 Å². The zero-order valence-electron chi connectivity index (χ0n) is 11.4. The van der Waals surface area contributed by atoms with Crippen LogP contribution in [0.15, 0.2) is 12.4 Å². The molecule has 2 rings (SSSR count). The molecule has 102 valence electrons. The first-order chi connectivity index (χ1) is 8.94. The van der Waals surface area contributed by atoms with E-state index in [1.807, 2.05) is 6.92 Å². The fourth-order valence-electron chi connectivity index (χ4n) is 2.06. The Bertz CT molecular complexity index is 496. The van der Waals surface area contributed by atoms with Crippen LogP contribution in [-0.4, -0.2) is 33.2 Å². The molecule has 19 heavy (non-hydrogen) atoms. The number of anilines is 1. The standard InChI is InChI=1S/C13H18N4O2/c1-4-14-10-7-15-9(6-16-10)8-17-11(18)5-13(2,3)12(17)19/h6-7H,4-5,8H2,1-3H3,(H,14,16). The van der Waals surface area contributed by atoms with Gasteiger partial charge in [0.1, 0.15) is 5.82 Å². The lowest BCUT2D eigenvalue weighted by molar-refractivity contribution is -0.141. The number of imide groups is 1. The van der Waals surface area contributed by atoms with Crippen LogP contribution in [0.4, 0.5) is 5.82 Å². The van der Waals surface area contributed by atoms with Crippen molar-refractivity contribution < 1.29 is 9.59 Å². The van der Waals surface area contributed by atoms with Crippen molar-refractivity contribution in [3.05, 3.63) is 18.1 Å². The Kier molecular flexibility index (Phi) is 3.50. The van der Waals surface area contributed by atoms with Crippen LogP contribution in [0, 0.1) is 5.41 Å². The average Bonchev–Trinajstić information content (AvgIpc) is 2.54. The number of carbonyl (C=O) groups excluding carboxylic acids is 2. The molecule has 0 bridgehead atoms. The first-order valence-electron chi connectivity index (χ1n) is 6.33. The summed E-state index contributed by atoms with van der Waals surface area (Å²) >= 11 is 0. The number of carbonyl (C=O) groups is 2. The molecule has 1 saturated heterocycles. The highest BCUT2D eigenvalue weighted by Crippen LogP contribution is 2.32. The number of hydrogen-bond donors (Lipinski definition) is 1. The van der Waals surface area contributed by atoms with E-state index >= 15 is 0 Å². The van der Waals surface area contributed by atoms with Gasteiger partial charge < -0.3 is 5.32 Å². The number of nitrogens with zero attached hydrogens (tertiary/aromatic N) is 3. The summed E-state index contributed by atoms with van der Waals surface area (Å²) in [6.45, 7) is 6.51. The number of nitrogens with one attached hydrogen (secondary N) is 1. The Morgan fingerprint density at radius 3 is 2.53 bits per heavy atom. The number of aromatic nitrogens is 2. The van der Waals surface area contributed by atoms with Crippen LogP contribution in [0.1, 0.15) is 32.9 Å². The molecule has 1 N–H and O–H groups in total. The molecule has 0 unspecified atom stereocenters. The van der Waals surface area contributed by atoms with Crippen LogP contribution < -0.4 is 5.32 Å². The summed E-state index contributed by atoms with van der Waals surface area (Å²) in [6.07, 6.45) is 3.45. The van der Waals surface area contributed by atoms with Gasteiger partial charge in [-0.15, -0.1) is 0 Å². The van der Waals surface area contributed by atoms with E-state index in [-0.39, 0.29) is 24.8 Å². The van der Waals surface area contributed by atoms with Crippen LogP contribution in [0.2, 0.25) is 0 Å². The Labute approximate surface area is 112 Å². The molecule has 1 aromatic heterocycles. The molecule has 0 radical (unpaired) electrons. The molecule has 2 heterocycles. The zero-order valence-corrected chi connectivity index (χ0v) is 11.4. The highest BCUT2D eigenvalue weighted by atomic mass is 16.2. The maximum atomic E-state index is 12.1. The Morgan fingerprint density at radius 1 is 1.32 bits per heavy atom. The first kappa shape index (κ1) is 13.5. The van der Waals surface area contributed by atoms with E-state index in [2.05, 4.69) is 15.3 Å². The highest BCUT2D eigenvalue weighted by Gasteiger charge is 2.44. The van der Waals surface area contributed by atoms with Crippen molar-refractivity contribution in [3.8, 4) is 0 Å². The van der Waals surface area contributed by atoms with Crippen molar-refractivity contribution in [2.45, 2.75) is 33.7 Å². The Hall–Kier alpha value is -1.98. The van der Waals surface area contributed by atoms with Gasteiger partial charge in [-0.3, -0.25) is 19.5 Å². The molecule has 6 nitrogen and oxygen atoms in total. The maximum Gasteiger partial charge on any atom is 0.235 e. The third-order valence-corrected chi connectivity index (χ3v) is 3.10. The maximum absolute atomic E-state index is 12.1. The lowest BCUT2D eigenvalue weighted by atomic mass is 9.92. The van der Waals surface area contributed by atoms with Gasteiger partial charge in [-0.05, 0) is 6.92 Å². The summed E-state index contributed by atoms with van der Waals surface area (Å²) in [4.78, 5) is 33.5. The van der Waals surface area contributed by atoms with Crippen LogP contribution in [0.5, 0.6) is 0 Å². The first-order valence-corrected chi connectivity index (χ1v) is 6.33. The monoisotopic (exact) mass is 262 g/mol. The van der Waals surface area contributed by atoms with Crippen molar-refractivity contribution in [2.24, 2.45) is 5.41 Å². The number of amides is 2. The van der Waals surface area contributed by atoms with E-state index in [0.29, 0.717) is 11.5 Å². The molecule has 1 aromatic rings. The summed E-state index contributed by atoms with van der Waals surface area (Å²) in [5, 5.41) is 3.04. The average molecular weight is 262 g/mol. The fourth-order valence-corrected chi connectivity index (χ4v) is 2.06. The molecule has 0 atom stereocenters. The predicted octanol–water partition coefficient (Wildman–Crippen LogP) is 1.19. The second kappa shape index (κ2) is 4.95. The second-order valence-corrected chi connectivity index (χ2v) is 5.27.